The van der Waals surface area contributed by atoms with E-state index in [0.29, 0.717) is 0 Å². The summed E-state index contributed by atoms with van der Waals surface area (Å²) in [5.74, 6) is 1.63. The standard InChI is InChI=1S/C22H30BO3/c1-6-7-16-23(25-21(2,3)22(4,5)26-23)18-12-11-15-20(17-18)24-19-13-9-8-10-14-19/h8-15,17H,6-7,16H2,1-5H3/q-1. The van der Waals surface area contributed by atoms with Gasteiger partial charge < -0.3 is 14.0 Å². The highest BCUT2D eigenvalue weighted by molar-refractivity contribution is 6.81. The van der Waals surface area contributed by atoms with E-state index in [2.05, 4.69) is 46.8 Å². The second-order valence-corrected chi connectivity index (χ2v) is 8.26. The van der Waals surface area contributed by atoms with Crippen molar-refractivity contribution in [1.29, 1.82) is 0 Å². The smallest absolute Gasteiger partial charge is 0.270 e. The van der Waals surface area contributed by atoms with Gasteiger partial charge in [0, 0.05) is 11.2 Å². The first-order chi connectivity index (χ1) is 12.3. The second kappa shape index (κ2) is 7.09. The van der Waals surface area contributed by atoms with Gasteiger partial charge in [0.15, 0.2) is 0 Å². The molecule has 1 aliphatic heterocycles. The molecule has 0 radical (unpaired) electrons. The second-order valence-electron chi connectivity index (χ2n) is 8.26. The number of benzene rings is 2. The van der Waals surface area contributed by atoms with Crippen LogP contribution < -0.4 is 10.2 Å². The topological polar surface area (TPSA) is 27.7 Å². The lowest BCUT2D eigenvalue weighted by atomic mass is 9.48. The average molecular weight is 353 g/mol. The summed E-state index contributed by atoms with van der Waals surface area (Å²) < 4.78 is 19.3. The molecule has 3 nitrogen and oxygen atoms in total. The van der Waals surface area contributed by atoms with E-state index < -0.39 is 6.55 Å². The Balaban J connectivity index is 1.94. The van der Waals surface area contributed by atoms with Gasteiger partial charge in [-0.2, -0.15) is 0 Å². The molecule has 1 fully saturated rings. The molecule has 1 aliphatic rings. The van der Waals surface area contributed by atoms with Gasteiger partial charge in [-0.05, 0) is 52.0 Å². The molecular weight excluding hydrogens is 323 g/mol. The highest BCUT2D eigenvalue weighted by atomic mass is 16.7. The van der Waals surface area contributed by atoms with Crippen LogP contribution in [0.4, 0.5) is 0 Å². The SMILES string of the molecule is CCCC[B-]1(c2cccc(Oc3ccccc3)c2)OC(C)(C)C(C)(C)O1. The third kappa shape index (κ3) is 3.67. The third-order valence-corrected chi connectivity index (χ3v) is 5.70. The van der Waals surface area contributed by atoms with Crippen molar-refractivity contribution in [2.75, 3.05) is 0 Å². The van der Waals surface area contributed by atoms with Crippen molar-refractivity contribution in [2.45, 2.75) is 65.0 Å². The van der Waals surface area contributed by atoms with E-state index in [-0.39, 0.29) is 11.2 Å². The molecule has 0 N–H and O–H groups in total. The Morgan fingerprint density at radius 2 is 1.46 bits per heavy atom. The molecule has 0 spiro atoms. The van der Waals surface area contributed by atoms with Crippen LogP contribution in [0.5, 0.6) is 11.5 Å². The van der Waals surface area contributed by atoms with Gasteiger partial charge in [0.1, 0.15) is 11.5 Å². The van der Waals surface area contributed by atoms with Crippen molar-refractivity contribution in [3.63, 3.8) is 0 Å². The fraction of sp³-hybridized carbons (Fsp3) is 0.455. The first kappa shape index (κ1) is 19.0. The first-order valence-electron chi connectivity index (χ1n) is 9.67. The van der Waals surface area contributed by atoms with E-state index in [1.807, 2.05) is 42.5 Å². The molecule has 0 atom stereocenters. The average Bonchev–Trinajstić information content (AvgIpc) is 2.79. The van der Waals surface area contributed by atoms with Gasteiger partial charge in [0.25, 0.3) is 6.55 Å². The first-order valence-corrected chi connectivity index (χ1v) is 9.67. The summed E-state index contributed by atoms with van der Waals surface area (Å²) in [6.07, 6.45) is 3.06. The number of ether oxygens (including phenoxy) is 1. The van der Waals surface area contributed by atoms with Crippen LogP contribution in [0.3, 0.4) is 0 Å². The van der Waals surface area contributed by atoms with Crippen LogP contribution in [-0.2, 0) is 9.31 Å². The van der Waals surface area contributed by atoms with E-state index >= 15 is 0 Å². The quantitative estimate of drug-likeness (QED) is 0.639. The van der Waals surface area contributed by atoms with E-state index in [1.54, 1.807) is 0 Å². The number of hydrogen-bond donors (Lipinski definition) is 0. The van der Waals surface area contributed by atoms with Crippen molar-refractivity contribution in [3.05, 3.63) is 54.6 Å². The Hall–Kier alpha value is -1.78. The summed E-state index contributed by atoms with van der Waals surface area (Å²) in [7, 11) is 0. The Bertz CT molecular complexity index is 724. The van der Waals surface area contributed by atoms with Gasteiger partial charge >= 0.3 is 0 Å². The van der Waals surface area contributed by atoms with Crippen molar-refractivity contribution in [1.82, 2.24) is 0 Å². The zero-order valence-corrected chi connectivity index (χ0v) is 16.6. The van der Waals surface area contributed by atoms with Crippen LogP contribution in [0.2, 0.25) is 6.32 Å². The molecule has 2 aromatic carbocycles. The van der Waals surface area contributed by atoms with E-state index in [1.165, 1.54) is 0 Å². The maximum atomic E-state index is 6.63. The summed E-state index contributed by atoms with van der Waals surface area (Å²) >= 11 is 0. The van der Waals surface area contributed by atoms with Gasteiger partial charge in [-0.15, -0.1) is 11.8 Å². The fourth-order valence-electron chi connectivity index (χ4n) is 3.63. The van der Waals surface area contributed by atoms with E-state index in [4.69, 9.17) is 14.0 Å². The number of para-hydroxylation sites is 1. The third-order valence-electron chi connectivity index (χ3n) is 5.70. The molecule has 1 heterocycles. The Morgan fingerprint density at radius 1 is 0.846 bits per heavy atom. The monoisotopic (exact) mass is 353 g/mol. The lowest BCUT2D eigenvalue weighted by molar-refractivity contribution is 0.00578. The molecule has 26 heavy (non-hydrogen) atoms. The van der Waals surface area contributed by atoms with Crippen molar-refractivity contribution in [2.24, 2.45) is 0 Å². The van der Waals surface area contributed by atoms with E-state index in [0.717, 1.165) is 36.1 Å². The summed E-state index contributed by atoms with van der Waals surface area (Å²) in [4.78, 5) is 0. The highest BCUT2D eigenvalue weighted by Gasteiger charge is 2.51. The normalized spacial score (nSPS) is 20.0. The zero-order valence-electron chi connectivity index (χ0n) is 16.6. The maximum absolute atomic E-state index is 6.63. The van der Waals surface area contributed by atoms with Crippen molar-refractivity contribution < 1.29 is 14.0 Å². The molecule has 1 saturated heterocycles. The predicted octanol–water partition coefficient (Wildman–Crippen LogP) is 5.53. The molecule has 0 saturated carbocycles. The van der Waals surface area contributed by atoms with Crippen LogP contribution in [0.15, 0.2) is 54.6 Å². The zero-order chi connectivity index (χ0) is 18.8. The minimum absolute atomic E-state index is 0.350. The summed E-state index contributed by atoms with van der Waals surface area (Å²) in [5, 5.41) is 0. The van der Waals surface area contributed by atoms with Crippen molar-refractivity contribution in [3.8, 4) is 11.5 Å². The van der Waals surface area contributed by atoms with Gasteiger partial charge in [-0.1, -0.05) is 50.1 Å². The molecule has 4 heteroatoms. The largest absolute Gasteiger partial charge is 0.558 e. The van der Waals surface area contributed by atoms with Crippen LogP contribution >= 0.6 is 0 Å². The summed E-state index contributed by atoms with van der Waals surface area (Å²) in [6.45, 7) is 9.13. The molecule has 0 bridgehead atoms. The minimum Gasteiger partial charge on any atom is -0.558 e. The lowest BCUT2D eigenvalue weighted by Gasteiger charge is -2.38. The van der Waals surface area contributed by atoms with Gasteiger partial charge in [-0.3, -0.25) is 0 Å². The predicted molar refractivity (Wildman–Crippen MR) is 108 cm³/mol. The number of hydrogen-bond acceptors (Lipinski definition) is 3. The molecule has 0 unspecified atom stereocenters. The van der Waals surface area contributed by atoms with Crippen molar-refractivity contribution >= 4 is 12.0 Å². The Morgan fingerprint density at radius 3 is 2.08 bits per heavy atom. The van der Waals surface area contributed by atoms with Gasteiger partial charge in [0.05, 0.1) is 0 Å². The summed E-state index contributed by atoms with van der Waals surface area (Å²) in [6, 6.07) is 18.0. The number of rotatable bonds is 6. The van der Waals surface area contributed by atoms with Crippen LogP contribution in [0.25, 0.3) is 0 Å². The van der Waals surface area contributed by atoms with Crippen LogP contribution in [-0.4, -0.2) is 17.8 Å². The van der Waals surface area contributed by atoms with E-state index in [9.17, 15) is 0 Å². The molecule has 0 aliphatic carbocycles. The molecular formula is C22H30BO3-. The minimum atomic E-state index is -1.54. The Labute approximate surface area is 157 Å². The van der Waals surface area contributed by atoms with Crippen LogP contribution in [0, 0.1) is 0 Å². The maximum Gasteiger partial charge on any atom is 0.270 e. The molecule has 140 valence electrons. The summed E-state index contributed by atoms with van der Waals surface area (Å²) in [5.41, 5.74) is 0.374. The molecule has 0 amide bonds. The lowest BCUT2D eigenvalue weighted by Crippen LogP contribution is -2.51. The van der Waals surface area contributed by atoms with Crippen LogP contribution in [0.1, 0.15) is 47.5 Å². The Kier molecular flexibility index (Phi) is 5.18. The highest BCUT2D eigenvalue weighted by Crippen LogP contribution is 2.43. The molecule has 3 rings (SSSR count). The van der Waals surface area contributed by atoms with Gasteiger partial charge in [0.2, 0.25) is 0 Å². The fourth-order valence-corrected chi connectivity index (χ4v) is 3.63. The number of unbranched alkanes of at least 4 members (excludes halogenated alkanes) is 1. The van der Waals surface area contributed by atoms with Gasteiger partial charge in [-0.25, -0.2) is 0 Å². The molecule has 2 aromatic rings. The molecule has 0 aromatic heterocycles.